The second-order valence-electron chi connectivity index (χ2n) is 5.05. The van der Waals surface area contributed by atoms with Gasteiger partial charge in [0.05, 0.1) is 0 Å². The number of carbonyl (C=O) groups is 1. The zero-order valence-corrected chi connectivity index (χ0v) is 10.7. The van der Waals surface area contributed by atoms with E-state index in [9.17, 15) is 4.79 Å². The average Bonchev–Trinajstić information content (AvgIpc) is 2.68. The fourth-order valence-corrected chi connectivity index (χ4v) is 2.33. The van der Waals surface area contributed by atoms with E-state index in [2.05, 4.69) is 24.1 Å². The van der Waals surface area contributed by atoms with Gasteiger partial charge in [-0.25, -0.2) is 0 Å². The summed E-state index contributed by atoms with van der Waals surface area (Å²) in [5.74, 6) is 0.0320. The van der Waals surface area contributed by atoms with Crippen molar-refractivity contribution >= 4 is 11.6 Å². The summed E-state index contributed by atoms with van der Waals surface area (Å²) in [5.41, 5.74) is 1.39. The van der Waals surface area contributed by atoms with Crippen molar-refractivity contribution < 1.29 is 4.79 Å². The standard InChI is InChI=1S/C13H19N3O/c1-13(2)6-4-8-16(13)12(17)11-9-10(14-3)5-7-15-11/h5,7,9H,4,6,8H2,1-3H3,(H,14,15). The third kappa shape index (κ3) is 2.25. The third-order valence-corrected chi connectivity index (χ3v) is 3.41. The first-order valence-electron chi connectivity index (χ1n) is 6.00. The van der Waals surface area contributed by atoms with Crippen molar-refractivity contribution in [3.05, 3.63) is 24.0 Å². The second kappa shape index (κ2) is 4.35. The predicted molar refractivity (Wildman–Crippen MR) is 68.1 cm³/mol. The zero-order chi connectivity index (χ0) is 12.5. The number of rotatable bonds is 2. The van der Waals surface area contributed by atoms with Gasteiger partial charge in [0.25, 0.3) is 5.91 Å². The predicted octanol–water partition coefficient (Wildman–Crippen LogP) is 2.14. The summed E-state index contributed by atoms with van der Waals surface area (Å²) in [7, 11) is 1.84. The third-order valence-electron chi connectivity index (χ3n) is 3.41. The summed E-state index contributed by atoms with van der Waals surface area (Å²) in [6.07, 6.45) is 3.80. The van der Waals surface area contributed by atoms with Crippen LogP contribution in [0.1, 0.15) is 37.2 Å². The summed E-state index contributed by atoms with van der Waals surface area (Å²) >= 11 is 0. The van der Waals surface area contributed by atoms with Gasteiger partial charge in [-0.15, -0.1) is 0 Å². The van der Waals surface area contributed by atoms with Crippen LogP contribution in [0.3, 0.4) is 0 Å². The fourth-order valence-electron chi connectivity index (χ4n) is 2.33. The SMILES string of the molecule is CNc1ccnc(C(=O)N2CCCC2(C)C)c1. The average molecular weight is 233 g/mol. The Bertz CT molecular complexity index is 428. The lowest BCUT2D eigenvalue weighted by Gasteiger charge is -2.31. The molecule has 1 aliphatic heterocycles. The molecule has 1 amide bonds. The lowest BCUT2D eigenvalue weighted by molar-refractivity contribution is 0.0646. The van der Waals surface area contributed by atoms with Crippen molar-refractivity contribution in [1.29, 1.82) is 0 Å². The van der Waals surface area contributed by atoms with Crippen LogP contribution in [0, 0.1) is 0 Å². The van der Waals surface area contributed by atoms with Crippen molar-refractivity contribution in [2.45, 2.75) is 32.2 Å². The molecule has 2 heterocycles. The number of amides is 1. The summed E-state index contributed by atoms with van der Waals surface area (Å²) in [6, 6.07) is 3.66. The van der Waals surface area contributed by atoms with E-state index in [4.69, 9.17) is 0 Å². The van der Waals surface area contributed by atoms with Gasteiger partial charge in [0.2, 0.25) is 0 Å². The molecule has 92 valence electrons. The molecule has 1 fully saturated rings. The van der Waals surface area contributed by atoms with Gasteiger partial charge >= 0.3 is 0 Å². The minimum atomic E-state index is -0.0472. The van der Waals surface area contributed by atoms with Crippen molar-refractivity contribution in [3.8, 4) is 0 Å². The van der Waals surface area contributed by atoms with Crippen LogP contribution in [0.2, 0.25) is 0 Å². The van der Waals surface area contributed by atoms with Crippen molar-refractivity contribution in [3.63, 3.8) is 0 Å². The van der Waals surface area contributed by atoms with Crippen molar-refractivity contribution in [2.75, 3.05) is 18.9 Å². The van der Waals surface area contributed by atoms with E-state index >= 15 is 0 Å². The number of hydrogen-bond acceptors (Lipinski definition) is 3. The molecule has 0 bridgehead atoms. The monoisotopic (exact) mass is 233 g/mol. The van der Waals surface area contributed by atoms with Crippen LogP contribution in [0.5, 0.6) is 0 Å². The molecule has 0 radical (unpaired) electrons. The quantitative estimate of drug-likeness (QED) is 0.851. The van der Waals surface area contributed by atoms with Gasteiger partial charge in [-0.3, -0.25) is 9.78 Å². The first kappa shape index (κ1) is 11.9. The van der Waals surface area contributed by atoms with E-state index < -0.39 is 0 Å². The normalized spacial score (nSPS) is 18.2. The van der Waals surface area contributed by atoms with Gasteiger partial charge in [-0.2, -0.15) is 0 Å². The van der Waals surface area contributed by atoms with E-state index in [-0.39, 0.29) is 11.4 Å². The highest BCUT2D eigenvalue weighted by atomic mass is 16.2. The Balaban J connectivity index is 2.25. The molecule has 4 nitrogen and oxygen atoms in total. The molecular formula is C13H19N3O. The number of aromatic nitrogens is 1. The number of likely N-dealkylation sites (tertiary alicyclic amines) is 1. The molecular weight excluding hydrogens is 214 g/mol. The maximum Gasteiger partial charge on any atom is 0.272 e. The van der Waals surface area contributed by atoms with Crippen LogP contribution in [0.4, 0.5) is 5.69 Å². The fraction of sp³-hybridized carbons (Fsp3) is 0.538. The number of hydrogen-bond donors (Lipinski definition) is 1. The largest absolute Gasteiger partial charge is 0.388 e. The van der Waals surface area contributed by atoms with E-state index in [0.29, 0.717) is 5.69 Å². The maximum atomic E-state index is 12.4. The Morgan fingerprint density at radius 1 is 1.53 bits per heavy atom. The molecule has 1 aromatic rings. The van der Waals surface area contributed by atoms with Gasteiger partial charge in [0, 0.05) is 31.0 Å². The van der Waals surface area contributed by atoms with Crippen LogP contribution >= 0.6 is 0 Å². The van der Waals surface area contributed by atoms with Crippen LogP contribution < -0.4 is 5.32 Å². The van der Waals surface area contributed by atoms with Crippen LogP contribution in [0.15, 0.2) is 18.3 Å². The topological polar surface area (TPSA) is 45.2 Å². The summed E-state index contributed by atoms with van der Waals surface area (Å²) in [6.45, 7) is 5.05. The zero-order valence-electron chi connectivity index (χ0n) is 10.7. The molecule has 2 rings (SSSR count). The molecule has 0 atom stereocenters. The molecule has 1 aromatic heterocycles. The smallest absolute Gasteiger partial charge is 0.272 e. The lowest BCUT2D eigenvalue weighted by Crippen LogP contribution is -2.42. The Kier molecular flexibility index (Phi) is 3.05. The van der Waals surface area contributed by atoms with Gasteiger partial charge in [-0.1, -0.05) is 0 Å². The van der Waals surface area contributed by atoms with Gasteiger partial charge < -0.3 is 10.2 Å². The van der Waals surface area contributed by atoms with Crippen LogP contribution in [0.25, 0.3) is 0 Å². The number of anilines is 1. The first-order chi connectivity index (χ1) is 8.04. The highest BCUT2D eigenvalue weighted by Gasteiger charge is 2.36. The number of pyridine rings is 1. The molecule has 0 saturated carbocycles. The lowest BCUT2D eigenvalue weighted by atomic mass is 10.0. The van der Waals surface area contributed by atoms with Crippen molar-refractivity contribution in [1.82, 2.24) is 9.88 Å². The molecule has 0 aliphatic carbocycles. The van der Waals surface area contributed by atoms with Crippen LogP contribution in [-0.2, 0) is 0 Å². The Morgan fingerprint density at radius 2 is 2.29 bits per heavy atom. The molecule has 0 unspecified atom stereocenters. The van der Waals surface area contributed by atoms with Gasteiger partial charge in [0.1, 0.15) is 5.69 Å². The Labute approximate surface area is 102 Å². The second-order valence-corrected chi connectivity index (χ2v) is 5.05. The Morgan fingerprint density at radius 3 is 2.88 bits per heavy atom. The minimum absolute atomic E-state index is 0.0320. The number of carbonyl (C=O) groups excluding carboxylic acids is 1. The minimum Gasteiger partial charge on any atom is -0.388 e. The molecule has 1 aliphatic rings. The van der Waals surface area contributed by atoms with Crippen LogP contribution in [-0.4, -0.2) is 34.9 Å². The summed E-state index contributed by atoms with van der Waals surface area (Å²) in [4.78, 5) is 18.5. The summed E-state index contributed by atoms with van der Waals surface area (Å²) in [5, 5.41) is 3.02. The van der Waals surface area contributed by atoms with Gasteiger partial charge in [0.15, 0.2) is 0 Å². The Hall–Kier alpha value is -1.58. The molecule has 0 spiro atoms. The summed E-state index contributed by atoms with van der Waals surface area (Å²) < 4.78 is 0. The highest BCUT2D eigenvalue weighted by Crippen LogP contribution is 2.29. The van der Waals surface area contributed by atoms with E-state index in [1.54, 1.807) is 12.3 Å². The molecule has 1 saturated heterocycles. The maximum absolute atomic E-state index is 12.4. The van der Waals surface area contributed by atoms with Gasteiger partial charge in [-0.05, 0) is 38.8 Å². The molecule has 1 N–H and O–H groups in total. The number of nitrogens with one attached hydrogen (secondary N) is 1. The molecule has 4 heteroatoms. The van der Waals surface area contributed by atoms with E-state index in [1.807, 2.05) is 18.0 Å². The highest BCUT2D eigenvalue weighted by molar-refractivity contribution is 5.93. The molecule has 0 aromatic carbocycles. The first-order valence-corrected chi connectivity index (χ1v) is 6.00. The van der Waals surface area contributed by atoms with E-state index in [0.717, 1.165) is 25.1 Å². The van der Waals surface area contributed by atoms with Crippen molar-refractivity contribution in [2.24, 2.45) is 0 Å². The number of nitrogens with zero attached hydrogens (tertiary/aromatic N) is 2. The molecule has 17 heavy (non-hydrogen) atoms. The van der Waals surface area contributed by atoms with E-state index in [1.165, 1.54) is 0 Å².